The first kappa shape index (κ1) is 9.51. The van der Waals surface area contributed by atoms with Gasteiger partial charge in [0.15, 0.2) is 11.9 Å². The second-order valence-corrected chi connectivity index (χ2v) is 1.97. The first-order chi connectivity index (χ1) is 4.60. The van der Waals surface area contributed by atoms with E-state index in [4.69, 9.17) is 20.4 Å². The molecule has 0 aliphatic heterocycles. The normalized spacial score (nSPS) is 19.6. The van der Waals surface area contributed by atoms with Gasteiger partial charge < -0.3 is 20.4 Å². The van der Waals surface area contributed by atoms with E-state index in [1.165, 1.54) is 0 Å². The third kappa shape index (κ3) is 1.74. The second kappa shape index (κ2) is 3.62. The zero-order valence-electron chi connectivity index (χ0n) is 5.27. The minimum Gasteiger partial charge on any atom is -0.394 e. The molecular formula is C5H10O5. The van der Waals surface area contributed by atoms with Crippen LogP contribution in [0.1, 0.15) is 0 Å². The number of carbonyl (C=O) groups is 1. The first-order valence-electron chi connectivity index (χ1n) is 2.69. The second-order valence-electron chi connectivity index (χ2n) is 1.97. The zero-order chi connectivity index (χ0) is 8.20. The lowest BCUT2D eigenvalue weighted by Crippen LogP contribution is -2.49. The molecule has 0 aliphatic carbocycles. The lowest BCUT2D eigenvalue weighted by molar-refractivity contribution is -0.148. The van der Waals surface area contributed by atoms with Gasteiger partial charge in [0.1, 0.15) is 6.10 Å². The number of aliphatic hydroxyl groups is 4. The van der Waals surface area contributed by atoms with Crippen molar-refractivity contribution < 1.29 is 25.2 Å². The number of carbonyl (C=O) groups excluding carboxylic acids is 1. The maximum atomic E-state index is 9.98. The van der Waals surface area contributed by atoms with Crippen LogP contribution in [0, 0.1) is 0 Å². The highest BCUT2D eigenvalue weighted by atomic mass is 16.4. The van der Waals surface area contributed by atoms with Crippen LogP contribution >= 0.6 is 0 Å². The van der Waals surface area contributed by atoms with E-state index < -0.39 is 24.9 Å². The molecule has 2 atom stereocenters. The van der Waals surface area contributed by atoms with Crippen LogP contribution < -0.4 is 0 Å². The highest BCUT2D eigenvalue weighted by Crippen LogP contribution is 2.05. The van der Waals surface area contributed by atoms with Crippen LogP contribution in [-0.4, -0.2) is 51.6 Å². The van der Waals surface area contributed by atoms with Crippen LogP contribution in [0.4, 0.5) is 0 Å². The Bertz CT molecular complexity index is 115. The van der Waals surface area contributed by atoms with E-state index in [1.54, 1.807) is 0 Å². The molecule has 0 amide bonds. The molecule has 0 unspecified atom stereocenters. The number of hydrogen-bond donors (Lipinski definition) is 4. The summed E-state index contributed by atoms with van der Waals surface area (Å²) < 4.78 is 0. The van der Waals surface area contributed by atoms with Gasteiger partial charge in [-0.25, -0.2) is 0 Å². The molecule has 0 radical (unpaired) electrons. The van der Waals surface area contributed by atoms with Gasteiger partial charge in [0, 0.05) is 0 Å². The molecule has 0 fully saturated rings. The molecule has 0 saturated carbocycles. The van der Waals surface area contributed by atoms with Crippen molar-refractivity contribution in [2.45, 2.75) is 11.7 Å². The summed E-state index contributed by atoms with van der Waals surface area (Å²) in [6.07, 6.45) is -1.64. The fraction of sp³-hybridized carbons (Fsp3) is 0.800. The summed E-state index contributed by atoms with van der Waals surface area (Å²) in [5.74, 6) is 0. The molecule has 60 valence electrons. The largest absolute Gasteiger partial charge is 0.394 e. The van der Waals surface area contributed by atoms with E-state index in [9.17, 15) is 4.79 Å². The summed E-state index contributed by atoms with van der Waals surface area (Å²) in [6.45, 7) is -1.67. The molecule has 0 bridgehead atoms. The third-order valence-corrected chi connectivity index (χ3v) is 1.21. The Labute approximate surface area is 57.5 Å². The minimum absolute atomic E-state index is 0.00606. The summed E-state index contributed by atoms with van der Waals surface area (Å²) in [6, 6.07) is 0. The van der Waals surface area contributed by atoms with Gasteiger partial charge in [-0.05, 0) is 0 Å². The summed E-state index contributed by atoms with van der Waals surface area (Å²) in [7, 11) is 0. The predicted molar refractivity (Wildman–Crippen MR) is 31.2 cm³/mol. The van der Waals surface area contributed by atoms with E-state index in [-0.39, 0.29) is 6.29 Å². The Balaban J connectivity index is 4.16. The number of aliphatic hydroxyl groups excluding tert-OH is 3. The van der Waals surface area contributed by atoms with E-state index in [0.717, 1.165) is 0 Å². The minimum atomic E-state index is -2.23. The Morgan fingerprint density at radius 2 is 2.00 bits per heavy atom. The highest BCUT2D eigenvalue weighted by Gasteiger charge is 2.34. The molecule has 5 nitrogen and oxygen atoms in total. The Morgan fingerprint density at radius 1 is 1.50 bits per heavy atom. The maximum absolute atomic E-state index is 9.98. The summed E-state index contributed by atoms with van der Waals surface area (Å²) in [5.41, 5.74) is -2.23. The summed E-state index contributed by atoms with van der Waals surface area (Å²) >= 11 is 0. The Kier molecular flexibility index (Phi) is 3.45. The van der Waals surface area contributed by atoms with Gasteiger partial charge in [0.2, 0.25) is 0 Å². The monoisotopic (exact) mass is 150 g/mol. The molecule has 0 aromatic carbocycles. The lowest BCUT2D eigenvalue weighted by Gasteiger charge is -2.22. The van der Waals surface area contributed by atoms with Crippen molar-refractivity contribution in [2.75, 3.05) is 13.2 Å². The maximum Gasteiger partial charge on any atom is 0.170 e. The molecule has 10 heavy (non-hydrogen) atoms. The third-order valence-electron chi connectivity index (χ3n) is 1.21. The van der Waals surface area contributed by atoms with Crippen molar-refractivity contribution in [3.8, 4) is 0 Å². The molecule has 0 spiro atoms. The van der Waals surface area contributed by atoms with Crippen LogP contribution in [-0.2, 0) is 4.79 Å². The van der Waals surface area contributed by atoms with Crippen LogP contribution in [0.15, 0.2) is 0 Å². The van der Waals surface area contributed by atoms with Crippen molar-refractivity contribution in [3.05, 3.63) is 0 Å². The van der Waals surface area contributed by atoms with E-state index in [2.05, 4.69) is 0 Å². The van der Waals surface area contributed by atoms with Gasteiger partial charge in [-0.2, -0.15) is 0 Å². The van der Waals surface area contributed by atoms with Crippen LogP contribution in [0.3, 0.4) is 0 Å². The molecule has 0 aromatic rings. The van der Waals surface area contributed by atoms with Gasteiger partial charge in [-0.3, -0.25) is 4.79 Å². The summed E-state index contributed by atoms with van der Waals surface area (Å²) in [5, 5.41) is 34.1. The molecule has 0 aromatic heterocycles. The molecule has 0 heterocycles. The molecule has 0 saturated heterocycles. The van der Waals surface area contributed by atoms with E-state index in [0.29, 0.717) is 0 Å². The molecular weight excluding hydrogens is 140 g/mol. The number of hydrogen-bond acceptors (Lipinski definition) is 5. The van der Waals surface area contributed by atoms with Crippen LogP contribution in [0.5, 0.6) is 0 Å². The average Bonchev–Trinajstić information content (AvgIpc) is 2.01. The van der Waals surface area contributed by atoms with Crippen molar-refractivity contribution in [3.63, 3.8) is 0 Å². The molecule has 0 aliphatic rings. The van der Waals surface area contributed by atoms with Crippen molar-refractivity contribution >= 4 is 6.29 Å². The van der Waals surface area contributed by atoms with Crippen LogP contribution in [0.25, 0.3) is 0 Å². The van der Waals surface area contributed by atoms with Gasteiger partial charge >= 0.3 is 0 Å². The topological polar surface area (TPSA) is 98.0 Å². The fourth-order valence-corrected chi connectivity index (χ4v) is 0.379. The molecule has 5 heteroatoms. The average molecular weight is 150 g/mol. The fourth-order valence-electron chi connectivity index (χ4n) is 0.379. The number of aldehydes is 1. The van der Waals surface area contributed by atoms with Crippen LogP contribution in [0.2, 0.25) is 0 Å². The van der Waals surface area contributed by atoms with Gasteiger partial charge in [0.05, 0.1) is 13.2 Å². The smallest absolute Gasteiger partial charge is 0.170 e. The SMILES string of the molecule is O=C[C@](O)(CO)[C@H](O)CO. The van der Waals surface area contributed by atoms with Crippen molar-refractivity contribution in [1.82, 2.24) is 0 Å². The lowest BCUT2D eigenvalue weighted by atomic mass is 10.0. The van der Waals surface area contributed by atoms with E-state index >= 15 is 0 Å². The number of rotatable bonds is 4. The predicted octanol–water partition coefficient (Wildman–Crippen LogP) is -2.74. The molecule has 4 N–H and O–H groups in total. The van der Waals surface area contributed by atoms with Gasteiger partial charge in [-0.15, -0.1) is 0 Å². The molecule has 0 rings (SSSR count). The zero-order valence-corrected chi connectivity index (χ0v) is 5.27. The standard InChI is InChI=1S/C5H10O5/c6-1-4(9)5(10,2-7)3-8/h2,4,6,8-10H,1,3H2/t4-,5+/m1/s1. The Hall–Kier alpha value is -0.490. The van der Waals surface area contributed by atoms with E-state index in [1.807, 2.05) is 0 Å². The quantitative estimate of drug-likeness (QED) is 0.326. The summed E-state index contributed by atoms with van der Waals surface area (Å²) in [4.78, 5) is 9.98. The Morgan fingerprint density at radius 3 is 2.10 bits per heavy atom. The van der Waals surface area contributed by atoms with Crippen molar-refractivity contribution in [2.24, 2.45) is 0 Å². The van der Waals surface area contributed by atoms with Gasteiger partial charge in [0.25, 0.3) is 0 Å². The first-order valence-corrected chi connectivity index (χ1v) is 2.69. The highest BCUT2D eigenvalue weighted by molar-refractivity contribution is 5.63. The van der Waals surface area contributed by atoms with Crippen molar-refractivity contribution in [1.29, 1.82) is 0 Å². The van der Waals surface area contributed by atoms with Gasteiger partial charge in [-0.1, -0.05) is 0 Å².